The Morgan fingerprint density at radius 2 is 2.17 bits per heavy atom. The van der Waals surface area contributed by atoms with E-state index in [4.69, 9.17) is 0 Å². The van der Waals surface area contributed by atoms with E-state index in [0.29, 0.717) is 6.42 Å². The van der Waals surface area contributed by atoms with Gasteiger partial charge in [-0.1, -0.05) is 24.6 Å². The molecule has 1 aromatic carbocycles. The molecule has 0 aliphatic heterocycles. The molecule has 1 aliphatic rings. The first-order valence-electron chi connectivity index (χ1n) is 6.80. The van der Waals surface area contributed by atoms with Crippen LogP contribution in [0.1, 0.15) is 31.7 Å². The monoisotopic (exact) mass is 241 g/mol. The van der Waals surface area contributed by atoms with E-state index in [-0.39, 0.29) is 5.78 Å². The fourth-order valence-electron chi connectivity index (χ4n) is 2.86. The van der Waals surface area contributed by atoms with Crippen molar-refractivity contribution in [1.29, 1.82) is 0 Å². The van der Waals surface area contributed by atoms with Crippen LogP contribution in [0.25, 0.3) is 10.9 Å². The number of Topliss-reactive ketones (excluding diaryl/α,β-unsaturated/α-hetero) is 1. The van der Waals surface area contributed by atoms with Crippen molar-refractivity contribution >= 4 is 16.7 Å². The summed E-state index contributed by atoms with van der Waals surface area (Å²) in [5, 5.41) is 1.26. The van der Waals surface area contributed by atoms with Gasteiger partial charge in [0.25, 0.3) is 0 Å². The third kappa shape index (κ3) is 2.07. The molecule has 1 heterocycles. The fraction of sp³-hybridized carbons (Fsp3) is 0.438. The van der Waals surface area contributed by atoms with Gasteiger partial charge in [-0.05, 0) is 42.7 Å². The molecule has 18 heavy (non-hydrogen) atoms. The Morgan fingerprint density at radius 3 is 2.83 bits per heavy atom. The molecule has 0 amide bonds. The quantitative estimate of drug-likeness (QED) is 0.802. The van der Waals surface area contributed by atoms with Crippen molar-refractivity contribution in [2.24, 2.45) is 5.92 Å². The fourth-order valence-corrected chi connectivity index (χ4v) is 2.86. The molecule has 1 aliphatic carbocycles. The van der Waals surface area contributed by atoms with Gasteiger partial charge in [-0.15, -0.1) is 0 Å². The third-order valence-corrected chi connectivity index (χ3v) is 3.99. The Morgan fingerprint density at radius 1 is 1.33 bits per heavy atom. The average Bonchev–Trinajstić information content (AvgIpc) is 2.67. The van der Waals surface area contributed by atoms with Crippen LogP contribution in [-0.4, -0.2) is 10.4 Å². The lowest BCUT2D eigenvalue weighted by Crippen LogP contribution is -2.17. The van der Waals surface area contributed by atoms with Crippen LogP contribution in [0.3, 0.4) is 0 Å². The number of hydrogen-bond acceptors (Lipinski definition) is 1. The van der Waals surface area contributed by atoms with Crippen LogP contribution in [-0.2, 0) is 17.8 Å². The molecule has 0 atom stereocenters. The van der Waals surface area contributed by atoms with Crippen molar-refractivity contribution < 1.29 is 4.79 Å². The average molecular weight is 241 g/mol. The van der Waals surface area contributed by atoms with E-state index in [0.717, 1.165) is 12.5 Å². The molecule has 0 saturated heterocycles. The Labute approximate surface area is 108 Å². The van der Waals surface area contributed by atoms with Gasteiger partial charge >= 0.3 is 0 Å². The second kappa shape index (κ2) is 4.60. The zero-order valence-electron chi connectivity index (χ0n) is 10.9. The van der Waals surface area contributed by atoms with Crippen LogP contribution in [0, 0.1) is 5.92 Å². The van der Waals surface area contributed by atoms with Crippen LogP contribution in [0.5, 0.6) is 0 Å². The molecule has 0 spiro atoms. The summed E-state index contributed by atoms with van der Waals surface area (Å²) in [4.78, 5) is 11.4. The first kappa shape index (κ1) is 11.5. The van der Waals surface area contributed by atoms with E-state index in [1.54, 1.807) is 6.92 Å². The molecule has 2 nitrogen and oxygen atoms in total. The maximum Gasteiger partial charge on any atom is 0.134 e. The van der Waals surface area contributed by atoms with E-state index in [1.165, 1.54) is 35.7 Å². The highest BCUT2D eigenvalue weighted by Gasteiger charge is 2.19. The number of carbonyl (C=O) groups excluding carboxylic acids is 1. The lowest BCUT2D eigenvalue weighted by atomic mass is 9.85. The number of nitrogens with zero attached hydrogens (tertiary/aromatic N) is 1. The van der Waals surface area contributed by atoms with Crippen molar-refractivity contribution in [2.75, 3.05) is 0 Å². The predicted molar refractivity (Wildman–Crippen MR) is 73.7 cm³/mol. The van der Waals surface area contributed by atoms with E-state index in [2.05, 4.69) is 29.0 Å². The minimum absolute atomic E-state index is 0.235. The highest BCUT2D eigenvalue weighted by atomic mass is 16.1. The van der Waals surface area contributed by atoms with Crippen LogP contribution >= 0.6 is 0 Å². The van der Waals surface area contributed by atoms with Gasteiger partial charge in [-0.2, -0.15) is 0 Å². The molecular weight excluding hydrogens is 222 g/mol. The molecule has 0 N–H and O–H groups in total. The number of hydrogen-bond donors (Lipinski definition) is 0. The van der Waals surface area contributed by atoms with Crippen molar-refractivity contribution in [3.8, 4) is 0 Å². The van der Waals surface area contributed by atoms with E-state index in [1.807, 2.05) is 6.07 Å². The maximum absolute atomic E-state index is 11.4. The maximum atomic E-state index is 11.4. The van der Waals surface area contributed by atoms with Gasteiger partial charge in [0.1, 0.15) is 5.78 Å². The minimum Gasteiger partial charge on any atom is -0.347 e. The van der Waals surface area contributed by atoms with Gasteiger partial charge in [-0.25, -0.2) is 0 Å². The second-order valence-corrected chi connectivity index (χ2v) is 5.50. The molecule has 94 valence electrons. The molecule has 0 bridgehead atoms. The summed E-state index contributed by atoms with van der Waals surface area (Å²) in [5.41, 5.74) is 2.43. The number of carbonyl (C=O) groups is 1. The summed E-state index contributed by atoms with van der Waals surface area (Å²) in [5.74, 6) is 1.07. The smallest absolute Gasteiger partial charge is 0.134 e. The first-order valence-corrected chi connectivity index (χ1v) is 6.80. The van der Waals surface area contributed by atoms with E-state index in [9.17, 15) is 4.79 Å². The summed E-state index contributed by atoms with van der Waals surface area (Å²) in [7, 11) is 0. The number of benzene rings is 1. The normalized spacial score (nSPS) is 15.8. The van der Waals surface area contributed by atoms with Gasteiger partial charge in [-0.3, -0.25) is 4.79 Å². The first-order chi connectivity index (χ1) is 8.74. The Balaban J connectivity index is 1.99. The van der Waals surface area contributed by atoms with Crippen LogP contribution in [0.15, 0.2) is 30.5 Å². The molecule has 0 radical (unpaired) electrons. The van der Waals surface area contributed by atoms with Crippen molar-refractivity contribution in [3.05, 3.63) is 36.0 Å². The highest BCUT2D eigenvalue weighted by Crippen LogP contribution is 2.30. The van der Waals surface area contributed by atoms with Gasteiger partial charge < -0.3 is 4.57 Å². The van der Waals surface area contributed by atoms with Gasteiger partial charge in [0.2, 0.25) is 0 Å². The molecule has 2 heteroatoms. The highest BCUT2D eigenvalue weighted by molar-refractivity contribution is 5.88. The zero-order chi connectivity index (χ0) is 12.5. The Kier molecular flexibility index (Phi) is 2.94. The predicted octanol–water partition coefficient (Wildman–Crippen LogP) is 3.57. The standard InChI is InChI=1S/C16H19NO/c1-12(18)10-15-7-3-6-14-8-9-17(16(14)15)11-13-4-2-5-13/h3,6-9,13H,2,4-5,10-11H2,1H3. The molecule has 0 unspecified atom stereocenters. The second-order valence-electron chi connectivity index (χ2n) is 5.50. The van der Waals surface area contributed by atoms with Crippen molar-refractivity contribution in [2.45, 2.75) is 39.2 Å². The molecule has 1 fully saturated rings. The van der Waals surface area contributed by atoms with Gasteiger partial charge in [0, 0.05) is 19.2 Å². The summed E-state index contributed by atoms with van der Waals surface area (Å²) in [6, 6.07) is 8.43. The third-order valence-electron chi connectivity index (χ3n) is 3.99. The zero-order valence-corrected chi connectivity index (χ0v) is 10.9. The molecule has 2 aromatic rings. The number of aromatic nitrogens is 1. The van der Waals surface area contributed by atoms with Crippen LogP contribution < -0.4 is 0 Å². The van der Waals surface area contributed by atoms with E-state index >= 15 is 0 Å². The van der Waals surface area contributed by atoms with E-state index < -0.39 is 0 Å². The molecular formula is C16H19NO. The largest absolute Gasteiger partial charge is 0.347 e. The van der Waals surface area contributed by atoms with Crippen LogP contribution in [0.4, 0.5) is 0 Å². The minimum atomic E-state index is 0.235. The summed E-state index contributed by atoms with van der Waals surface area (Å²) in [6.07, 6.45) is 6.81. The topological polar surface area (TPSA) is 22.0 Å². The van der Waals surface area contributed by atoms with Crippen molar-refractivity contribution in [3.63, 3.8) is 0 Å². The number of fused-ring (bicyclic) bond motifs is 1. The summed E-state index contributed by atoms with van der Waals surface area (Å²) >= 11 is 0. The Bertz CT molecular complexity index is 578. The summed E-state index contributed by atoms with van der Waals surface area (Å²) < 4.78 is 2.34. The lowest BCUT2D eigenvalue weighted by molar-refractivity contribution is -0.116. The molecule has 1 aromatic heterocycles. The van der Waals surface area contributed by atoms with Gasteiger partial charge in [0.05, 0.1) is 5.52 Å². The SMILES string of the molecule is CC(=O)Cc1cccc2ccn(CC3CCC3)c12. The Hall–Kier alpha value is -1.57. The number of rotatable bonds is 4. The summed E-state index contributed by atoms with van der Waals surface area (Å²) in [6.45, 7) is 2.77. The van der Waals surface area contributed by atoms with Gasteiger partial charge in [0.15, 0.2) is 0 Å². The number of ketones is 1. The van der Waals surface area contributed by atoms with Crippen molar-refractivity contribution in [1.82, 2.24) is 4.57 Å². The molecule has 1 saturated carbocycles. The number of para-hydroxylation sites is 1. The van der Waals surface area contributed by atoms with Crippen LogP contribution in [0.2, 0.25) is 0 Å². The lowest BCUT2D eigenvalue weighted by Gasteiger charge is -2.26. The molecule has 3 rings (SSSR count).